The van der Waals surface area contributed by atoms with Crippen LogP contribution in [-0.2, 0) is 0 Å². The summed E-state index contributed by atoms with van der Waals surface area (Å²) in [5, 5.41) is 2.29. The first-order valence-corrected chi connectivity index (χ1v) is 3.60. The summed E-state index contributed by atoms with van der Waals surface area (Å²) in [4.78, 5) is 4.15. The highest BCUT2D eigenvalue weighted by Gasteiger charge is 1.91. The van der Waals surface area contributed by atoms with E-state index in [-0.39, 0.29) is 0 Å². The van der Waals surface area contributed by atoms with Crippen molar-refractivity contribution in [3.05, 3.63) is 42.2 Å². The molecule has 0 fully saturated rings. The van der Waals surface area contributed by atoms with Crippen molar-refractivity contribution >= 4 is 10.8 Å². The molecule has 1 aromatic heterocycles. The van der Waals surface area contributed by atoms with Crippen molar-refractivity contribution in [2.75, 3.05) is 0 Å². The number of nitrogens with zero attached hydrogens (tertiary/aromatic N) is 1. The van der Waals surface area contributed by atoms with Gasteiger partial charge in [-0.25, -0.2) is 0 Å². The van der Waals surface area contributed by atoms with Crippen molar-refractivity contribution < 1.29 is 0 Å². The Balaban J connectivity index is 2.83. The molecule has 2 aromatic rings. The molecular formula is C10H8N. The molecule has 0 saturated heterocycles. The molecule has 0 atom stereocenters. The van der Waals surface area contributed by atoms with Gasteiger partial charge in [-0.3, -0.25) is 4.98 Å². The minimum Gasteiger partial charge on any atom is -0.260 e. The molecule has 1 aromatic carbocycles. The van der Waals surface area contributed by atoms with Crippen LogP contribution in [-0.4, -0.2) is 4.98 Å². The summed E-state index contributed by atoms with van der Waals surface area (Å²) in [5.74, 6) is 0. The van der Waals surface area contributed by atoms with Crippen molar-refractivity contribution in [1.82, 2.24) is 4.98 Å². The average molecular weight is 142 g/mol. The third-order valence-electron chi connectivity index (χ3n) is 1.67. The second-order valence-electron chi connectivity index (χ2n) is 2.56. The van der Waals surface area contributed by atoms with Crippen LogP contribution >= 0.6 is 0 Å². The Morgan fingerprint density at radius 1 is 1.27 bits per heavy atom. The normalized spacial score (nSPS) is 10.3. The third-order valence-corrected chi connectivity index (χ3v) is 1.67. The third kappa shape index (κ3) is 1.09. The molecule has 0 aliphatic rings. The van der Waals surface area contributed by atoms with E-state index in [1.54, 1.807) is 0 Å². The maximum Gasteiger partial charge on any atom is 0.0458 e. The first-order chi connectivity index (χ1) is 5.36. The van der Waals surface area contributed by atoms with Gasteiger partial charge in [0.15, 0.2) is 0 Å². The second kappa shape index (κ2) is 2.35. The van der Waals surface area contributed by atoms with E-state index in [0.29, 0.717) is 0 Å². The van der Waals surface area contributed by atoms with Crippen LogP contribution in [0.3, 0.4) is 0 Å². The number of benzene rings is 1. The van der Waals surface area contributed by atoms with E-state index in [2.05, 4.69) is 11.1 Å². The van der Waals surface area contributed by atoms with Gasteiger partial charge in [-0.05, 0) is 12.3 Å². The van der Waals surface area contributed by atoms with Crippen LogP contribution in [0.1, 0.15) is 5.69 Å². The van der Waals surface area contributed by atoms with Crippen molar-refractivity contribution in [1.29, 1.82) is 0 Å². The zero-order valence-corrected chi connectivity index (χ0v) is 6.33. The highest BCUT2D eigenvalue weighted by molar-refractivity contribution is 5.80. The van der Waals surface area contributed by atoms with E-state index in [9.17, 15) is 0 Å². The summed E-state index contributed by atoms with van der Waals surface area (Å²) in [6, 6.07) is 11.3. The van der Waals surface area contributed by atoms with Crippen LogP contribution in [0.25, 0.3) is 10.8 Å². The number of aryl methyl sites for hydroxylation is 1. The number of rotatable bonds is 0. The van der Waals surface area contributed by atoms with Crippen LogP contribution in [0.15, 0.2) is 30.5 Å². The minimum atomic E-state index is 0.948. The molecule has 0 unspecified atom stereocenters. The van der Waals surface area contributed by atoms with Gasteiger partial charge in [-0.15, -0.1) is 0 Å². The van der Waals surface area contributed by atoms with E-state index in [4.69, 9.17) is 0 Å². The summed E-state index contributed by atoms with van der Waals surface area (Å²) in [6.45, 7) is 1.95. The monoisotopic (exact) mass is 142 g/mol. The van der Waals surface area contributed by atoms with Crippen molar-refractivity contribution in [3.63, 3.8) is 0 Å². The van der Waals surface area contributed by atoms with Crippen LogP contribution in [0.5, 0.6) is 0 Å². The first kappa shape index (κ1) is 6.35. The van der Waals surface area contributed by atoms with Crippen molar-refractivity contribution in [2.45, 2.75) is 6.92 Å². The maximum absolute atomic E-state index is 4.15. The summed E-state index contributed by atoms with van der Waals surface area (Å²) in [6.07, 6.45) is 1.88. The van der Waals surface area contributed by atoms with Crippen LogP contribution in [0, 0.1) is 13.0 Å². The van der Waals surface area contributed by atoms with Gasteiger partial charge < -0.3 is 0 Å². The molecule has 53 valence electrons. The molecule has 0 bridgehead atoms. The Morgan fingerprint density at radius 2 is 2.09 bits per heavy atom. The number of fused-ring (bicyclic) bond motifs is 1. The lowest BCUT2D eigenvalue weighted by Crippen LogP contribution is -1.80. The van der Waals surface area contributed by atoms with Gasteiger partial charge in [0.1, 0.15) is 0 Å². The van der Waals surface area contributed by atoms with E-state index in [1.807, 2.05) is 37.4 Å². The number of hydrogen-bond donors (Lipinski definition) is 0. The van der Waals surface area contributed by atoms with Crippen molar-refractivity contribution in [3.8, 4) is 0 Å². The van der Waals surface area contributed by atoms with Gasteiger partial charge in [-0.1, -0.05) is 24.3 Å². The van der Waals surface area contributed by atoms with Gasteiger partial charge in [0.25, 0.3) is 0 Å². The Kier molecular flexibility index (Phi) is 1.35. The maximum atomic E-state index is 4.15. The van der Waals surface area contributed by atoms with E-state index >= 15 is 0 Å². The number of aromatic nitrogens is 1. The smallest absolute Gasteiger partial charge is 0.0458 e. The van der Waals surface area contributed by atoms with E-state index < -0.39 is 0 Å². The first-order valence-electron chi connectivity index (χ1n) is 3.60. The van der Waals surface area contributed by atoms with Gasteiger partial charge in [0, 0.05) is 23.3 Å². The van der Waals surface area contributed by atoms with Crippen LogP contribution in [0.2, 0.25) is 0 Å². The summed E-state index contributed by atoms with van der Waals surface area (Å²) >= 11 is 0. The average Bonchev–Trinajstić information content (AvgIpc) is 2.04. The molecule has 0 amide bonds. The molecule has 1 nitrogen and oxygen atoms in total. The SMILES string of the molecule is Cc1[c]c2ccccc2cn1. The van der Waals surface area contributed by atoms with Gasteiger partial charge in [0.2, 0.25) is 0 Å². The van der Waals surface area contributed by atoms with Gasteiger partial charge in [0.05, 0.1) is 0 Å². The number of hydrogen-bond acceptors (Lipinski definition) is 1. The zero-order valence-electron chi connectivity index (χ0n) is 6.33. The lowest BCUT2D eigenvalue weighted by molar-refractivity contribution is 1.22. The quantitative estimate of drug-likeness (QED) is 0.550. The fraction of sp³-hybridized carbons (Fsp3) is 0.100. The zero-order chi connectivity index (χ0) is 7.68. The fourth-order valence-corrected chi connectivity index (χ4v) is 1.12. The standard InChI is InChI=1S/C10H8N/c1-8-6-9-4-2-3-5-10(9)7-11-8/h2-5,7H,1H3. The van der Waals surface area contributed by atoms with Crippen molar-refractivity contribution in [2.24, 2.45) is 0 Å². The Labute approximate surface area is 65.7 Å². The second-order valence-corrected chi connectivity index (χ2v) is 2.56. The molecule has 0 aliphatic carbocycles. The summed E-state index contributed by atoms with van der Waals surface area (Å²) < 4.78 is 0. The van der Waals surface area contributed by atoms with Crippen LogP contribution < -0.4 is 0 Å². The molecule has 1 heteroatoms. The molecule has 0 N–H and O–H groups in total. The van der Waals surface area contributed by atoms with Crippen LogP contribution in [0.4, 0.5) is 0 Å². The molecule has 0 saturated carbocycles. The fourth-order valence-electron chi connectivity index (χ4n) is 1.12. The minimum absolute atomic E-state index is 0.948. The lowest BCUT2D eigenvalue weighted by atomic mass is 10.1. The largest absolute Gasteiger partial charge is 0.260 e. The Hall–Kier alpha value is -1.37. The summed E-state index contributed by atoms with van der Waals surface area (Å²) in [7, 11) is 0. The highest BCUT2D eigenvalue weighted by Crippen LogP contribution is 2.11. The Bertz CT molecular complexity index is 379. The molecule has 0 spiro atoms. The molecular weight excluding hydrogens is 134 g/mol. The predicted octanol–water partition coefficient (Wildman–Crippen LogP) is 2.34. The summed E-state index contributed by atoms with van der Waals surface area (Å²) in [5.41, 5.74) is 0.948. The van der Waals surface area contributed by atoms with E-state index in [0.717, 1.165) is 16.5 Å². The Morgan fingerprint density at radius 3 is 3.00 bits per heavy atom. The molecule has 11 heavy (non-hydrogen) atoms. The molecule has 0 aliphatic heterocycles. The predicted molar refractivity (Wildman–Crippen MR) is 45.3 cm³/mol. The molecule has 2 rings (SSSR count). The molecule has 1 heterocycles. The topological polar surface area (TPSA) is 12.9 Å². The van der Waals surface area contributed by atoms with Gasteiger partial charge in [-0.2, -0.15) is 0 Å². The van der Waals surface area contributed by atoms with Gasteiger partial charge >= 0.3 is 0 Å². The number of pyridine rings is 1. The molecule has 1 radical (unpaired) electrons. The van der Waals surface area contributed by atoms with E-state index in [1.165, 1.54) is 0 Å². The lowest BCUT2D eigenvalue weighted by Gasteiger charge is -1.95. The highest BCUT2D eigenvalue weighted by atomic mass is 14.6.